The Balaban J connectivity index is 1.38. The van der Waals surface area contributed by atoms with Gasteiger partial charge in [0.05, 0.1) is 23.0 Å². The first-order chi connectivity index (χ1) is 15.3. The highest BCUT2D eigenvalue weighted by atomic mass is 32.1. The SMILES string of the molecule is COc1ccccc1Nc1ccc(Nc2ncnc3cc(-c4ccccc4)sc23)cc1. The van der Waals surface area contributed by atoms with Crippen LogP contribution in [0, 0.1) is 0 Å². The van der Waals surface area contributed by atoms with Gasteiger partial charge < -0.3 is 15.4 Å². The van der Waals surface area contributed by atoms with Gasteiger partial charge in [0, 0.05) is 16.3 Å². The fourth-order valence-electron chi connectivity index (χ4n) is 3.37. The molecule has 0 spiro atoms. The average Bonchev–Trinajstić information content (AvgIpc) is 3.27. The molecule has 0 atom stereocenters. The highest BCUT2D eigenvalue weighted by Gasteiger charge is 2.10. The van der Waals surface area contributed by atoms with Crippen molar-refractivity contribution in [3.05, 3.63) is 91.3 Å². The van der Waals surface area contributed by atoms with Gasteiger partial charge in [0.25, 0.3) is 0 Å². The molecule has 0 saturated carbocycles. The van der Waals surface area contributed by atoms with Crippen LogP contribution in [0.5, 0.6) is 5.75 Å². The van der Waals surface area contributed by atoms with E-state index in [0.29, 0.717) is 0 Å². The van der Waals surface area contributed by atoms with E-state index in [1.807, 2.05) is 66.7 Å². The molecule has 0 aliphatic heterocycles. The number of ether oxygens (including phenoxy) is 1. The van der Waals surface area contributed by atoms with Crippen LogP contribution in [-0.2, 0) is 0 Å². The number of nitrogens with one attached hydrogen (secondary N) is 2. The van der Waals surface area contributed by atoms with Crippen molar-refractivity contribution < 1.29 is 4.74 Å². The molecule has 0 amide bonds. The van der Waals surface area contributed by atoms with Gasteiger partial charge >= 0.3 is 0 Å². The lowest BCUT2D eigenvalue weighted by atomic mass is 10.2. The van der Waals surface area contributed by atoms with E-state index < -0.39 is 0 Å². The maximum atomic E-state index is 5.41. The van der Waals surface area contributed by atoms with Crippen molar-refractivity contribution in [2.45, 2.75) is 0 Å². The normalized spacial score (nSPS) is 10.7. The molecular formula is C25H20N4OS. The molecule has 2 N–H and O–H groups in total. The van der Waals surface area contributed by atoms with E-state index in [1.54, 1.807) is 24.8 Å². The van der Waals surface area contributed by atoms with Crippen molar-refractivity contribution in [3.63, 3.8) is 0 Å². The zero-order valence-corrected chi connectivity index (χ0v) is 17.7. The molecule has 0 bridgehead atoms. The average molecular weight is 425 g/mol. The number of rotatable bonds is 6. The van der Waals surface area contributed by atoms with Gasteiger partial charge in [-0.3, -0.25) is 0 Å². The first kappa shape index (κ1) is 19.1. The third-order valence-electron chi connectivity index (χ3n) is 4.90. The van der Waals surface area contributed by atoms with Crippen LogP contribution >= 0.6 is 11.3 Å². The van der Waals surface area contributed by atoms with Crippen molar-refractivity contribution in [2.24, 2.45) is 0 Å². The molecule has 3 aromatic carbocycles. The van der Waals surface area contributed by atoms with Gasteiger partial charge in [-0.25, -0.2) is 9.97 Å². The number of benzene rings is 3. The van der Waals surface area contributed by atoms with E-state index in [4.69, 9.17) is 4.74 Å². The Labute approximate surface area is 184 Å². The second-order valence-corrected chi connectivity index (χ2v) is 7.99. The lowest BCUT2D eigenvalue weighted by molar-refractivity contribution is 0.417. The van der Waals surface area contributed by atoms with Gasteiger partial charge in [0.15, 0.2) is 5.82 Å². The maximum Gasteiger partial charge on any atom is 0.151 e. The van der Waals surface area contributed by atoms with Crippen LogP contribution in [0.25, 0.3) is 20.7 Å². The van der Waals surface area contributed by atoms with Gasteiger partial charge in [-0.15, -0.1) is 11.3 Å². The summed E-state index contributed by atoms with van der Waals surface area (Å²) in [5.74, 6) is 1.61. The minimum atomic E-state index is 0.806. The molecule has 0 aliphatic carbocycles. The summed E-state index contributed by atoms with van der Waals surface area (Å²) in [5.41, 5.74) is 4.99. The van der Waals surface area contributed by atoms with E-state index in [-0.39, 0.29) is 0 Å². The van der Waals surface area contributed by atoms with Gasteiger partial charge in [-0.1, -0.05) is 42.5 Å². The summed E-state index contributed by atoms with van der Waals surface area (Å²) in [6.45, 7) is 0. The summed E-state index contributed by atoms with van der Waals surface area (Å²) in [7, 11) is 1.67. The third kappa shape index (κ3) is 4.06. The van der Waals surface area contributed by atoms with Gasteiger partial charge in [-0.05, 0) is 48.0 Å². The summed E-state index contributed by atoms with van der Waals surface area (Å²) in [4.78, 5) is 10.1. The van der Waals surface area contributed by atoms with E-state index in [0.717, 1.165) is 38.8 Å². The van der Waals surface area contributed by atoms with Crippen molar-refractivity contribution in [1.82, 2.24) is 9.97 Å². The Hall–Kier alpha value is -3.90. The second-order valence-electron chi connectivity index (χ2n) is 6.94. The molecule has 2 aromatic heterocycles. The molecule has 0 radical (unpaired) electrons. The standard InChI is InChI=1S/C25H20N4OS/c1-30-22-10-6-5-9-20(22)28-18-11-13-19(14-12-18)29-25-24-21(26-16-27-25)15-23(31-24)17-7-3-2-4-8-17/h2-16,28H,1H3,(H,26,27,29). The van der Waals surface area contributed by atoms with Crippen LogP contribution in [0.4, 0.5) is 22.9 Å². The predicted molar refractivity (Wildman–Crippen MR) is 129 cm³/mol. The van der Waals surface area contributed by atoms with Crippen LogP contribution in [0.15, 0.2) is 91.3 Å². The van der Waals surface area contributed by atoms with Crippen molar-refractivity contribution in [3.8, 4) is 16.2 Å². The summed E-state index contributed by atoms with van der Waals surface area (Å²) in [5, 5.41) is 6.82. The van der Waals surface area contributed by atoms with Crippen LogP contribution in [0.1, 0.15) is 0 Å². The Kier molecular flexibility index (Phi) is 5.21. The van der Waals surface area contributed by atoms with Gasteiger partial charge in [0.2, 0.25) is 0 Å². The first-order valence-electron chi connectivity index (χ1n) is 9.87. The number of hydrogen-bond acceptors (Lipinski definition) is 6. The topological polar surface area (TPSA) is 59.1 Å². The van der Waals surface area contributed by atoms with Gasteiger partial charge in [-0.2, -0.15) is 0 Å². The monoisotopic (exact) mass is 424 g/mol. The van der Waals surface area contributed by atoms with E-state index in [2.05, 4.69) is 38.8 Å². The van der Waals surface area contributed by atoms with Crippen LogP contribution < -0.4 is 15.4 Å². The third-order valence-corrected chi connectivity index (χ3v) is 6.08. The number of para-hydroxylation sites is 2. The Morgan fingerprint density at radius 2 is 1.48 bits per heavy atom. The number of hydrogen-bond donors (Lipinski definition) is 2. The maximum absolute atomic E-state index is 5.41. The number of aromatic nitrogens is 2. The first-order valence-corrected chi connectivity index (χ1v) is 10.7. The predicted octanol–water partition coefficient (Wildman–Crippen LogP) is 6.85. The van der Waals surface area contributed by atoms with E-state index in [1.165, 1.54) is 10.4 Å². The second kappa shape index (κ2) is 8.45. The van der Waals surface area contributed by atoms with Gasteiger partial charge in [0.1, 0.15) is 12.1 Å². The molecule has 0 unspecified atom stereocenters. The minimum absolute atomic E-state index is 0.806. The molecule has 31 heavy (non-hydrogen) atoms. The molecule has 5 aromatic rings. The smallest absolute Gasteiger partial charge is 0.151 e. The van der Waals surface area contributed by atoms with E-state index >= 15 is 0 Å². The van der Waals surface area contributed by atoms with Crippen LogP contribution in [0.2, 0.25) is 0 Å². The summed E-state index contributed by atoms with van der Waals surface area (Å²) >= 11 is 1.69. The number of anilines is 4. The summed E-state index contributed by atoms with van der Waals surface area (Å²) in [6.07, 6.45) is 1.60. The Bertz CT molecular complexity index is 1320. The fraction of sp³-hybridized carbons (Fsp3) is 0.0400. The molecular weight excluding hydrogens is 404 g/mol. The van der Waals surface area contributed by atoms with Crippen LogP contribution in [-0.4, -0.2) is 17.1 Å². The largest absolute Gasteiger partial charge is 0.495 e. The van der Waals surface area contributed by atoms with E-state index in [9.17, 15) is 0 Å². The molecule has 5 nitrogen and oxygen atoms in total. The quantitative estimate of drug-likeness (QED) is 0.312. The molecule has 0 aliphatic rings. The van der Waals surface area contributed by atoms with Crippen molar-refractivity contribution >= 4 is 44.4 Å². The van der Waals surface area contributed by atoms with Crippen molar-refractivity contribution in [2.75, 3.05) is 17.7 Å². The zero-order valence-electron chi connectivity index (χ0n) is 16.9. The fourth-order valence-corrected chi connectivity index (χ4v) is 4.43. The minimum Gasteiger partial charge on any atom is -0.495 e. The highest BCUT2D eigenvalue weighted by Crippen LogP contribution is 2.36. The summed E-state index contributed by atoms with van der Waals surface area (Å²) < 4.78 is 6.45. The molecule has 152 valence electrons. The summed E-state index contributed by atoms with van der Waals surface area (Å²) in [6, 6.07) is 28.4. The molecule has 0 fully saturated rings. The van der Waals surface area contributed by atoms with Crippen LogP contribution in [0.3, 0.4) is 0 Å². The number of thiophene rings is 1. The number of nitrogens with zero attached hydrogens (tertiary/aromatic N) is 2. The lowest BCUT2D eigenvalue weighted by Gasteiger charge is -2.12. The molecule has 0 saturated heterocycles. The number of fused-ring (bicyclic) bond motifs is 1. The lowest BCUT2D eigenvalue weighted by Crippen LogP contribution is -1.96. The zero-order chi connectivity index (χ0) is 21.0. The Morgan fingerprint density at radius 3 is 2.26 bits per heavy atom. The molecule has 5 rings (SSSR count). The molecule has 6 heteroatoms. The molecule has 2 heterocycles. The highest BCUT2D eigenvalue weighted by molar-refractivity contribution is 7.22. The Morgan fingerprint density at radius 1 is 0.774 bits per heavy atom. The number of methoxy groups -OCH3 is 1. The van der Waals surface area contributed by atoms with Crippen molar-refractivity contribution in [1.29, 1.82) is 0 Å².